The van der Waals surface area contributed by atoms with Crippen LogP contribution in [0.4, 0.5) is 5.82 Å². The van der Waals surface area contributed by atoms with Crippen molar-refractivity contribution in [1.29, 1.82) is 0 Å². The largest absolute Gasteiger partial charge is 0.381 e. The van der Waals surface area contributed by atoms with Gasteiger partial charge in [0.2, 0.25) is 0 Å². The van der Waals surface area contributed by atoms with Crippen LogP contribution in [0.25, 0.3) is 5.69 Å². The molecule has 1 aromatic carbocycles. The van der Waals surface area contributed by atoms with Gasteiger partial charge in [0.05, 0.1) is 11.4 Å². The lowest BCUT2D eigenvalue weighted by atomic mass is 9.82. The summed E-state index contributed by atoms with van der Waals surface area (Å²) in [5.41, 5.74) is 8.00. The summed E-state index contributed by atoms with van der Waals surface area (Å²) in [5, 5.41) is 8.14. The maximum absolute atomic E-state index is 5.92. The average molecular weight is 293 g/mol. The van der Waals surface area contributed by atoms with E-state index in [0.717, 1.165) is 15.9 Å². The molecule has 2 N–H and O–H groups in total. The molecule has 17 heavy (non-hydrogen) atoms. The summed E-state index contributed by atoms with van der Waals surface area (Å²) >= 11 is 3.43. The number of halogens is 1. The van der Waals surface area contributed by atoms with Crippen LogP contribution in [0.15, 0.2) is 28.7 Å². The highest BCUT2D eigenvalue weighted by Crippen LogP contribution is 2.39. The molecule has 1 fully saturated rings. The van der Waals surface area contributed by atoms with Crippen molar-refractivity contribution in [3.8, 4) is 5.69 Å². The van der Waals surface area contributed by atoms with E-state index in [1.54, 1.807) is 0 Å². The summed E-state index contributed by atoms with van der Waals surface area (Å²) in [6.07, 6.45) is 3.65. The van der Waals surface area contributed by atoms with Crippen molar-refractivity contribution in [2.45, 2.75) is 25.2 Å². The first-order chi connectivity index (χ1) is 8.25. The molecule has 5 heteroatoms. The summed E-state index contributed by atoms with van der Waals surface area (Å²) < 4.78 is 2.92. The van der Waals surface area contributed by atoms with Gasteiger partial charge in [-0.2, -0.15) is 0 Å². The fourth-order valence-corrected chi connectivity index (χ4v) is 2.40. The van der Waals surface area contributed by atoms with E-state index in [4.69, 9.17) is 5.73 Å². The quantitative estimate of drug-likeness (QED) is 0.926. The lowest BCUT2D eigenvalue weighted by Gasteiger charge is -2.25. The maximum Gasteiger partial charge on any atom is 0.169 e. The van der Waals surface area contributed by atoms with Crippen molar-refractivity contribution in [2.24, 2.45) is 0 Å². The second kappa shape index (κ2) is 4.14. The van der Waals surface area contributed by atoms with E-state index in [1.807, 2.05) is 28.9 Å². The standard InChI is InChI=1S/C12H13BrN4/c13-9-4-6-10(7-5-9)17-11(8-2-1-3-8)12(14)15-16-17/h4-8H,1-3,14H2. The minimum absolute atomic E-state index is 0.522. The summed E-state index contributed by atoms with van der Waals surface area (Å²) in [4.78, 5) is 0. The molecule has 0 radical (unpaired) electrons. The number of anilines is 1. The molecule has 1 aliphatic rings. The minimum atomic E-state index is 0.522. The van der Waals surface area contributed by atoms with Gasteiger partial charge in [-0.3, -0.25) is 0 Å². The number of nitrogens with zero attached hydrogens (tertiary/aromatic N) is 3. The third-order valence-electron chi connectivity index (χ3n) is 3.30. The van der Waals surface area contributed by atoms with Gasteiger partial charge in [0.15, 0.2) is 5.82 Å². The zero-order chi connectivity index (χ0) is 11.8. The second-order valence-corrected chi connectivity index (χ2v) is 5.29. The van der Waals surface area contributed by atoms with Crippen molar-refractivity contribution in [2.75, 3.05) is 5.73 Å². The first kappa shape index (κ1) is 10.8. The van der Waals surface area contributed by atoms with Gasteiger partial charge in [-0.05, 0) is 37.1 Å². The molecule has 4 nitrogen and oxygen atoms in total. The summed E-state index contributed by atoms with van der Waals surface area (Å²) in [5.74, 6) is 1.09. The molecule has 0 spiro atoms. The number of benzene rings is 1. The zero-order valence-electron chi connectivity index (χ0n) is 9.31. The highest BCUT2D eigenvalue weighted by atomic mass is 79.9. The van der Waals surface area contributed by atoms with Gasteiger partial charge < -0.3 is 5.73 Å². The van der Waals surface area contributed by atoms with Crippen molar-refractivity contribution >= 4 is 21.7 Å². The molecule has 0 atom stereocenters. The SMILES string of the molecule is Nc1nnn(-c2ccc(Br)cc2)c1C1CCC1. The van der Waals surface area contributed by atoms with E-state index in [0.29, 0.717) is 11.7 Å². The third kappa shape index (κ3) is 1.84. The molecule has 3 rings (SSSR count). The van der Waals surface area contributed by atoms with E-state index < -0.39 is 0 Å². The van der Waals surface area contributed by atoms with Gasteiger partial charge in [-0.25, -0.2) is 4.68 Å². The summed E-state index contributed by atoms with van der Waals surface area (Å²) in [6.45, 7) is 0. The van der Waals surface area contributed by atoms with Crippen molar-refractivity contribution < 1.29 is 0 Å². The molecule has 0 bridgehead atoms. The Balaban J connectivity index is 2.05. The molecule has 2 aromatic rings. The summed E-state index contributed by atoms with van der Waals surface area (Å²) in [7, 11) is 0. The van der Waals surface area contributed by atoms with Crippen LogP contribution in [0.3, 0.4) is 0 Å². The number of nitrogen functional groups attached to an aromatic ring is 1. The Bertz CT molecular complexity index is 528. The van der Waals surface area contributed by atoms with Crippen LogP contribution in [-0.2, 0) is 0 Å². The van der Waals surface area contributed by atoms with E-state index >= 15 is 0 Å². The Kier molecular flexibility index (Phi) is 2.63. The predicted molar refractivity (Wildman–Crippen MR) is 70.1 cm³/mol. The van der Waals surface area contributed by atoms with Crippen molar-refractivity contribution in [3.05, 3.63) is 34.4 Å². The molecule has 88 valence electrons. The van der Waals surface area contributed by atoms with Crippen LogP contribution < -0.4 is 5.73 Å². The molecule has 0 amide bonds. The van der Waals surface area contributed by atoms with E-state index in [9.17, 15) is 0 Å². The van der Waals surface area contributed by atoms with Crippen LogP contribution in [0.1, 0.15) is 30.9 Å². The van der Waals surface area contributed by atoms with Gasteiger partial charge in [0.25, 0.3) is 0 Å². The molecular formula is C12H13BrN4. The van der Waals surface area contributed by atoms with Crippen molar-refractivity contribution in [3.63, 3.8) is 0 Å². The molecule has 0 saturated heterocycles. The van der Waals surface area contributed by atoms with Crippen molar-refractivity contribution in [1.82, 2.24) is 15.0 Å². The van der Waals surface area contributed by atoms with Crippen LogP contribution in [0.2, 0.25) is 0 Å². The van der Waals surface area contributed by atoms with Gasteiger partial charge in [0.1, 0.15) is 0 Å². The van der Waals surface area contributed by atoms with E-state index in [2.05, 4.69) is 26.2 Å². The second-order valence-electron chi connectivity index (χ2n) is 4.38. The number of rotatable bonds is 2. The Labute approximate surface area is 108 Å². The van der Waals surface area contributed by atoms with Gasteiger partial charge in [0, 0.05) is 10.4 Å². The first-order valence-electron chi connectivity index (χ1n) is 5.73. The molecule has 1 heterocycles. The normalized spacial score (nSPS) is 15.8. The molecule has 1 aromatic heterocycles. The maximum atomic E-state index is 5.92. The first-order valence-corrected chi connectivity index (χ1v) is 6.52. The van der Waals surface area contributed by atoms with Gasteiger partial charge in [-0.1, -0.05) is 27.6 Å². The van der Waals surface area contributed by atoms with E-state index in [-0.39, 0.29) is 0 Å². The predicted octanol–water partition coefficient (Wildman–Crippen LogP) is 2.88. The Morgan fingerprint density at radius 3 is 2.53 bits per heavy atom. The zero-order valence-corrected chi connectivity index (χ0v) is 10.9. The topological polar surface area (TPSA) is 56.7 Å². The fraction of sp³-hybridized carbons (Fsp3) is 0.333. The molecule has 0 unspecified atom stereocenters. The highest BCUT2D eigenvalue weighted by Gasteiger charge is 2.27. The average Bonchev–Trinajstić information content (AvgIpc) is 2.61. The number of aromatic nitrogens is 3. The minimum Gasteiger partial charge on any atom is -0.381 e. The van der Waals surface area contributed by atoms with E-state index in [1.165, 1.54) is 19.3 Å². The van der Waals surface area contributed by atoms with Crippen LogP contribution >= 0.6 is 15.9 Å². The van der Waals surface area contributed by atoms with Gasteiger partial charge in [-0.15, -0.1) is 5.10 Å². The highest BCUT2D eigenvalue weighted by molar-refractivity contribution is 9.10. The van der Waals surface area contributed by atoms with Gasteiger partial charge >= 0.3 is 0 Å². The smallest absolute Gasteiger partial charge is 0.169 e. The number of nitrogens with two attached hydrogens (primary N) is 1. The third-order valence-corrected chi connectivity index (χ3v) is 3.82. The lowest BCUT2D eigenvalue weighted by Crippen LogP contribution is -2.15. The number of hydrogen-bond donors (Lipinski definition) is 1. The fourth-order valence-electron chi connectivity index (χ4n) is 2.14. The Morgan fingerprint density at radius 1 is 1.24 bits per heavy atom. The monoisotopic (exact) mass is 292 g/mol. The molecule has 0 aliphatic heterocycles. The van der Waals surface area contributed by atoms with Crippen LogP contribution in [-0.4, -0.2) is 15.0 Å². The van der Waals surface area contributed by atoms with Crippen LogP contribution in [0.5, 0.6) is 0 Å². The lowest BCUT2D eigenvalue weighted by molar-refractivity contribution is 0.404. The molecule has 1 saturated carbocycles. The molecular weight excluding hydrogens is 280 g/mol. The molecule has 1 aliphatic carbocycles. The summed E-state index contributed by atoms with van der Waals surface area (Å²) in [6, 6.07) is 8.02. The number of hydrogen-bond acceptors (Lipinski definition) is 3. The Hall–Kier alpha value is -1.36. The van der Waals surface area contributed by atoms with Crippen LogP contribution in [0, 0.1) is 0 Å². The Morgan fingerprint density at radius 2 is 1.94 bits per heavy atom.